The van der Waals surface area contributed by atoms with E-state index in [0.717, 1.165) is 42.9 Å². The molecule has 0 heterocycles. The fourth-order valence-electron chi connectivity index (χ4n) is 3.06. The van der Waals surface area contributed by atoms with Gasteiger partial charge in [0.05, 0.1) is 19.1 Å². The summed E-state index contributed by atoms with van der Waals surface area (Å²) in [7, 11) is 1.63. The Morgan fingerprint density at radius 1 is 1.38 bits per heavy atom. The van der Waals surface area contributed by atoms with E-state index in [1.807, 2.05) is 24.3 Å². The summed E-state index contributed by atoms with van der Waals surface area (Å²) in [5.41, 5.74) is 6.64. The number of amides is 1. The third-order valence-corrected chi connectivity index (χ3v) is 4.57. The Kier molecular flexibility index (Phi) is 5.23. The summed E-state index contributed by atoms with van der Waals surface area (Å²) in [5, 5.41) is 3.18. The zero-order chi connectivity index (χ0) is 15.3. The number of hydrogen-bond donors (Lipinski definition) is 2. The fraction of sp³-hybridized carbons (Fsp3) is 0.588. The van der Waals surface area contributed by atoms with Gasteiger partial charge in [0.15, 0.2) is 0 Å². The number of nitrogens with one attached hydrogen (secondary N) is 1. The van der Waals surface area contributed by atoms with Crippen LogP contribution in [0.5, 0.6) is 5.75 Å². The van der Waals surface area contributed by atoms with Crippen molar-refractivity contribution >= 4 is 5.91 Å². The van der Waals surface area contributed by atoms with Crippen LogP contribution in [-0.2, 0) is 11.2 Å². The number of nitrogens with two attached hydrogens (primary N) is 1. The number of carbonyl (C=O) groups is 1. The summed E-state index contributed by atoms with van der Waals surface area (Å²) in [6.45, 7) is 2.77. The van der Waals surface area contributed by atoms with Gasteiger partial charge in [-0.15, -0.1) is 0 Å². The smallest absolute Gasteiger partial charge is 0.225 e. The molecule has 1 fully saturated rings. The first-order valence-corrected chi connectivity index (χ1v) is 7.71. The van der Waals surface area contributed by atoms with Gasteiger partial charge in [0.2, 0.25) is 5.91 Å². The minimum atomic E-state index is -0.217. The van der Waals surface area contributed by atoms with E-state index in [9.17, 15) is 4.79 Å². The molecular formula is C17H26N2O2. The summed E-state index contributed by atoms with van der Waals surface area (Å²) in [6.07, 6.45) is 4.55. The van der Waals surface area contributed by atoms with Gasteiger partial charge < -0.3 is 15.8 Å². The van der Waals surface area contributed by atoms with Gasteiger partial charge in [-0.05, 0) is 37.7 Å². The summed E-state index contributed by atoms with van der Waals surface area (Å²) in [6, 6.07) is 7.64. The molecule has 1 aliphatic carbocycles. The Labute approximate surface area is 127 Å². The minimum absolute atomic E-state index is 0.0273. The van der Waals surface area contributed by atoms with Gasteiger partial charge in [-0.2, -0.15) is 0 Å². The first kappa shape index (κ1) is 15.8. The molecule has 1 aromatic rings. The molecule has 1 saturated carbocycles. The summed E-state index contributed by atoms with van der Waals surface area (Å²) in [5.74, 6) is 1.52. The third kappa shape index (κ3) is 3.97. The molecular weight excluding hydrogens is 264 g/mol. The number of para-hydroxylation sites is 1. The quantitative estimate of drug-likeness (QED) is 0.874. The van der Waals surface area contributed by atoms with Crippen LogP contribution in [0.2, 0.25) is 0 Å². The number of benzene rings is 1. The predicted molar refractivity (Wildman–Crippen MR) is 84.3 cm³/mol. The van der Waals surface area contributed by atoms with Crippen LogP contribution in [-0.4, -0.2) is 25.1 Å². The average Bonchev–Trinajstić information content (AvgIpc) is 2.50. The molecule has 0 saturated heterocycles. The van der Waals surface area contributed by atoms with Crippen LogP contribution >= 0.6 is 0 Å². The van der Waals surface area contributed by atoms with Crippen LogP contribution in [0.1, 0.15) is 38.2 Å². The molecule has 2 rings (SSSR count). The second-order valence-corrected chi connectivity index (χ2v) is 6.20. The SMILES string of the molecule is COc1ccccc1CC(=O)NC1(CN)CCC(C)CC1. The molecule has 116 valence electrons. The Morgan fingerprint density at radius 2 is 2.05 bits per heavy atom. The lowest BCUT2D eigenvalue weighted by atomic mass is 9.77. The average molecular weight is 290 g/mol. The highest BCUT2D eigenvalue weighted by Crippen LogP contribution is 2.31. The molecule has 0 bridgehead atoms. The van der Waals surface area contributed by atoms with Crippen molar-refractivity contribution in [1.82, 2.24) is 5.32 Å². The van der Waals surface area contributed by atoms with Crippen LogP contribution in [0.4, 0.5) is 0 Å². The van der Waals surface area contributed by atoms with E-state index in [1.54, 1.807) is 7.11 Å². The lowest BCUT2D eigenvalue weighted by Crippen LogP contribution is -2.55. The standard InChI is InChI=1S/C17H26N2O2/c1-13-7-9-17(12-18,10-8-13)19-16(20)11-14-5-3-4-6-15(14)21-2/h3-6,13H,7-12,18H2,1-2H3,(H,19,20). The van der Waals surface area contributed by atoms with Crippen molar-refractivity contribution in [3.63, 3.8) is 0 Å². The normalized spacial score (nSPS) is 25.4. The van der Waals surface area contributed by atoms with Gasteiger partial charge in [-0.1, -0.05) is 25.1 Å². The number of ether oxygens (including phenoxy) is 1. The van der Waals surface area contributed by atoms with Crippen molar-refractivity contribution in [2.75, 3.05) is 13.7 Å². The lowest BCUT2D eigenvalue weighted by molar-refractivity contribution is -0.122. The van der Waals surface area contributed by atoms with E-state index in [4.69, 9.17) is 10.5 Å². The lowest BCUT2D eigenvalue weighted by Gasteiger charge is -2.39. The largest absolute Gasteiger partial charge is 0.496 e. The number of carbonyl (C=O) groups excluding carboxylic acids is 1. The third-order valence-electron chi connectivity index (χ3n) is 4.57. The molecule has 3 N–H and O–H groups in total. The van der Waals surface area contributed by atoms with Gasteiger partial charge in [0.25, 0.3) is 0 Å². The molecule has 0 spiro atoms. The Balaban J connectivity index is 2.00. The van der Waals surface area contributed by atoms with Crippen LogP contribution in [0.3, 0.4) is 0 Å². The van der Waals surface area contributed by atoms with E-state index >= 15 is 0 Å². The first-order valence-electron chi connectivity index (χ1n) is 7.71. The summed E-state index contributed by atoms with van der Waals surface area (Å²) >= 11 is 0. The Bertz CT molecular complexity index is 479. The first-order chi connectivity index (χ1) is 10.1. The molecule has 0 aliphatic heterocycles. The second kappa shape index (κ2) is 6.94. The molecule has 1 aliphatic rings. The maximum Gasteiger partial charge on any atom is 0.225 e. The van der Waals surface area contributed by atoms with Gasteiger partial charge in [0, 0.05) is 12.1 Å². The Morgan fingerprint density at radius 3 is 2.67 bits per heavy atom. The van der Waals surface area contributed by atoms with E-state index < -0.39 is 0 Å². The van der Waals surface area contributed by atoms with Crippen molar-refractivity contribution in [2.45, 2.75) is 44.6 Å². The van der Waals surface area contributed by atoms with Gasteiger partial charge in [0.1, 0.15) is 5.75 Å². The van der Waals surface area contributed by atoms with Crippen LogP contribution < -0.4 is 15.8 Å². The van der Waals surface area contributed by atoms with Crippen LogP contribution in [0.15, 0.2) is 24.3 Å². The molecule has 1 aromatic carbocycles. The predicted octanol–water partition coefficient (Wildman–Crippen LogP) is 2.26. The van der Waals surface area contributed by atoms with Crippen molar-refractivity contribution in [3.8, 4) is 5.75 Å². The van der Waals surface area contributed by atoms with Gasteiger partial charge in [-0.3, -0.25) is 4.79 Å². The van der Waals surface area contributed by atoms with Crippen LogP contribution in [0.25, 0.3) is 0 Å². The van der Waals surface area contributed by atoms with E-state index in [0.29, 0.717) is 13.0 Å². The molecule has 1 amide bonds. The van der Waals surface area contributed by atoms with E-state index in [-0.39, 0.29) is 11.4 Å². The Hall–Kier alpha value is -1.55. The van der Waals surface area contributed by atoms with E-state index in [1.165, 1.54) is 0 Å². The molecule has 4 nitrogen and oxygen atoms in total. The van der Waals surface area contributed by atoms with Crippen molar-refractivity contribution in [3.05, 3.63) is 29.8 Å². The van der Waals surface area contributed by atoms with Crippen LogP contribution in [0, 0.1) is 5.92 Å². The topological polar surface area (TPSA) is 64.3 Å². The molecule has 0 aromatic heterocycles. The molecule has 21 heavy (non-hydrogen) atoms. The second-order valence-electron chi connectivity index (χ2n) is 6.20. The maximum atomic E-state index is 12.4. The summed E-state index contributed by atoms with van der Waals surface area (Å²) < 4.78 is 5.30. The maximum absolute atomic E-state index is 12.4. The molecule has 0 atom stereocenters. The van der Waals surface area contributed by atoms with E-state index in [2.05, 4.69) is 12.2 Å². The zero-order valence-electron chi connectivity index (χ0n) is 13.0. The minimum Gasteiger partial charge on any atom is -0.496 e. The van der Waals surface area contributed by atoms with Gasteiger partial charge in [-0.25, -0.2) is 0 Å². The highest BCUT2D eigenvalue weighted by molar-refractivity contribution is 5.80. The van der Waals surface area contributed by atoms with Gasteiger partial charge >= 0.3 is 0 Å². The molecule has 0 unspecified atom stereocenters. The highest BCUT2D eigenvalue weighted by Gasteiger charge is 2.34. The fourth-order valence-corrected chi connectivity index (χ4v) is 3.06. The molecule has 4 heteroatoms. The zero-order valence-corrected chi connectivity index (χ0v) is 13.0. The number of rotatable bonds is 5. The highest BCUT2D eigenvalue weighted by atomic mass is 16.5. The van der Waals surface area contributed by atoms with Crippen molar-refractivity contribution in [1.29, 1.82) is 0 Å². The summed E-state index contributed by atoms with van der Waals surface area (Å²) in [4.78, 5) is 12.4. The van der Waals surface area contributed by atoms with Crippen molar-refractivity contribution in [2.24, 2.45) is 11.7 Å². The number of methoxy groups -OCH3 is 1. The molecule has 0 radical (unpaired) electrons. The van der Waals surface area contributed by atoms with Crippen molar-refractivity contribution < 1.29 is 9.53 Å². The number of hydrogen-bond acceptors (Lipinski definition) is 3. The monoisotopic (exact) mass is 290 g/mol.